The largest absolute Gasteiger partial charge is 0.360 e. The van der Waals surface area contributed by atoms with E-state index in [0.29, 0.717) is 28.5 Å². The van der Waals surface area contributed by atoms with Gasteiger partial charge < -0.3 is 15.2 Å². The molecule has 0 spiro atoms. The Morgan fingerprint density at radius 2 is 1.67 bits per heavy atom. The van der Waals surface area contributed by atoms with Crippen LogP contribution in [0.4, 0.5) is 11.5 Å². The number of aromatic nitrogens is 1. The molecular weight excluding hydrogens is 516 g/mol. The number of nitrogens with zero attached hydrogens (tertiary/aromatic N) is 2. The van der Waals surface area contributed by atoms with Crippen molar-refractivity contribution in [2.45, 2.75) is 79.3 Å². The minimum atomic E-state index is -1.06. The topological polar surface area (TPSA) is 105 Å². The molecule has 1 aromatic heterocycles. The van der Waals surface area contributed by atoms with Crippen LogP contribution in [0.25, 0.3) is 0 Å². The Labute approximate surface area is 235 Å². The van der Waals surface area contributed by atoms with Gasteiger partial charge in [0.15, 0.2) is 5.82 Å². The fourth-order valence-corrected chi connectivity index (χ4v) is 4.75. The van der Waals surface area contributed by atoms with Crippen LogP contribution >= 0.6 is 11.6 Å². The molecule has 2 N–H and O–H groups in total. The Kier molecular flexibility index (Phi) is 9.56. The van der Waals surface area contributed by atoms with Gasteiger partial charge in [0.1, 0.15) is 11.8 Å². The lowest BCUT2D eigenvalue weighted by Crippen LogP contribution is -2.51. The molecular formula is C30H37ClN4O4. The third-order valence-electron chi connectivity index (χ3n) is 6.66. The number of rotatable bonds is 10. The van der Waals surface area contributed by atoms with Crippen LogP contribution in [0, 0.1) is 27.7 Å². The molecule has 39 heavy (non-hydrogen) atoms. The Morgan fingerprint density at radius 1 is 1.03 bits per heavy atom. The number of carbonyl (C=O) groups excluding carboxylic acids is 3. The van der Waals surface area contributed by atoms with E-state index in [1.807, 2.05) is 53.7 Å². The van der Waals surface area contributed by atoms with Gasteiger partial charge in [-0.05, 0) is 65.2 Å². The van der Waals surface area contributed by atoms with Gasteiger partial charge in [0, 0.05) is 35.0 Å². The second kappa shape index (κ2) is 12.5. The van der Waals surface area contributed by atoms with Crippen LogP contribution in [0.3, 0.4) is 0 Å². The number of nitrogens with one attached hydrogen (secondary N) is 2. The summed E-state index contributed by atoms with van der Waals surface area (Å²) in [5, 5.41) is 9.88. The molecule has 9 heteroatoms. The first-order valence-electron chi connectivity index (χ1n) is 13.0. The first-order chi connectivity index (χ1) is 18.3. The molecule has 3 aromatic rings. The summed E-state index contributed by atoms with van der Waals surface area (Å²) >= 11 is 6.63. The van der Waals surface area contributed by atoms with E-state index in [4.69, 9.17) is 16.1 Å². The van der Waals surface area contributed by atoms with Crippen LogP contribution in [-0.2, 0) is 14.4 Å². The molecule has 0 aliphatic rings. The first kappa shape index (κ1) is 29.9. The molecule has 0 aliphatic heterocycles. The van der Waals surface area contributed by atoms with E-state index in [0.717, 1.165) is 16.7 Å². The number of carbonyl (C=O) groups is 3. The Hall–Kier alpha value is -3.65. The van der Waals surface area contributed by atoms with E-state index in [1.165, 1.54) is 4.90 Å². The molecule has 0 radical (unpaired) electrons. The molecule has 0 saturated carbocycles. The van der Waals surface area contributed by atoms with Gasteiger partial charge in [-0.25, -0.2) is 0 Å². The molecule has 3 amide bonds. The van der Waals surface area contributed by atoms with E-state index >= 15 is 0 Å². The second-order valence-electron chi connectivity index (χ2n) is 10.5. The van der Waals surface area contributed by atoms with E-state index in [2.05, 4.69) is 15.8 Å². The number of amides is 3. The number of aryl methyl sites for hydroxylation is 4. The Bertz CT molecular complexity index is 1340. The van der Waals surface area contributed by atoms with Crippen molar-refractivity contribution < 1.29 is 18.9 Å². The van der Waals surface area contributed by atoms with E-state index in [-0.39, 0.29) is 36.4 Å². The highest BCUT2D eigenvalue weighted by Crippen LogP contribution is 2.37. The van der Waals surface area contributed by atoms with Gasteiger partial charge >= 0.3 is 0 Å². The lowest BCUT2D eigenvalue weighted by Gasteiger charge is -2.36. The van der Waals surface area contributed by atoms with E-state index in [9.17, 15) is 14.4 Å². The van der Waals surface area contributed by atoms with Crippen molar-refractivity contribution in [1.82, 2.24) is 10.5 Å². The predicted molar refractivity (Wildman–Crippen MR) is 154 cm³/mol. The van der Waals surface area contributed by atoms with Gasteiger partial charge in [-0.2, -0.15) is 0 Å². The maximum atomic E-state index is 14.0. The van der Waals surface area contributed by atoms with Gasteiger partial charge in [0.2, 0.25) is 17.7 Å². The summed E-state index contributed by atoms with van der Waals surface area (Å²) in [5.74, 6) is -0.292. The summed E-state index contributed by atoms with van der Waals surface area (Å²) in [6.45, 7) is 13.4. The van der Waals surface area contributed by atoms with Gasteiger partial charge in [-0.3, -0.25) is 19.3 Å². The van der Waals surface area contributed by atoms with Crippen LogP contribution in [0.5, 0.6) is 0 Å². The minimum absolute atomic E-state index is 0.109. The normalized spacial score (nSPS) is 12.1. The molecule has 0 aliphatic carbocycles. The van der Waals surface area contributed by atoms with Crippen molar-refractivity contribution >= 4 is 40.8 Å². The van der Waals surface area contributed by atoms with Crippen LogP contribution < -0.4 is 15.5 Å². The average Bonchev–Trinajstić information content (AvgIpc) is 3.26. The summed E-state index contributed by atoms with van der Waals surface area (Å²) < 4.78 is 4.99. The Balaban J connectivity index is 2.07. The highest BCUT2D eigenvalue weighted by Gasteiger charge is 2.37. The smallest absolute Gasteiger partial charge is 0.248 e. The van der Waals surface area contributed by atoms with Gasteiger partial charge in [-0.1, -0.05) is 59.6 Å². The lowest BCUT2D eigenvalue weighted by atomic mass is 9.96. The van der Waals surface area contributed by atoms with Crippen molar-refractivity contribution in [2.24, 2.45) is 0 Å². The monoisotopic (exact) mass is 552 g/mol. The van der Waals surface area contributed by atoms with Crippen molar-refractivity contribution in [3.8, 4) is 0 Å². The summed E-state index contributed by atoms with van der Waals surface area (Å²) in [7, 11) is 0. The van der Waals surface area contributed by atoms with E-state index in [1.54, 1.807) is 37.3 Å². The predicted octanol–water partition coefficient (Wildman–Crippen LogP) is 6.36. The summed E-state index contributed by atoms with van der Waals surface area (Å²) in [6, 6.07) is 11.5. The van der Waals surface area contributed by atoms with E-state index < -0.39 is 11.6 Å². The SMILES string of the molecule is CCC(C)(C)NC(=O)C(c1ccccc1Cl)N(C(=O)CCC(=O)Nc1cc(C)on1)c1c(C)cc(C)cc1C. The maximum absolute atomic E-state index is 14.0. The number of hydrogen-bond acceptors (Lipinski definition) is 5. The van der Waals surface area contributed by atoms with Crippen LogP contribution in [0.2, 0.25) is 5.02 Å². The zero-order chi connectivity index (χ0) is 28.9. The van der Waals surface area contributed by atoms with Crippen molar-refractivity contribution in [3.63, 3.8) is 0 Å². The molecule has 0 saturated heterocycles. The zero-order valence-electron chi connectivity index (χ0n) is 23.6. The summed E-state index contributed by atoms with van der Waals surface area (Å²) in [5.41, 5.74) is 3.31. The van der Waals surface area contributed by atoms with Crippen LogP contribution in [-0.4, -0.2) is 28.4 Å². The first-order valence-corrected chi connectivity index (χ1v) is 13.4. The highest BCUT2D eigenvalue weighted by molar-refractivity contribution is 6.31. The Morgan fingerprint density at radius 3 is 2.23 bits per heavy atom. The third-order valence-corrected chi connectivity index (χ3v) is 7.00. The molecule has 8 nitrogen and oxygen atoms in total. The van der Waals surface area contributed by atoms with Crippen molar-refractivity contribution in [2.75, 3.05) is 10.2 Å². The third kappa shape index (κ3) is 7.47. The molecule has 0 fully saturated rings. The van der Waals surface area contributed by atoms with Gasteiger partial charge in [0.25, 0.3) is 0 Å². The number of benzene rings is 2. The molecule has 1 atom stereocenters. The number of anilines is 2. The number of hydrogen-bond donors (Lipinski definition) is 2. The number of halogens is 1. The molecule has 1 unspecified atom stereocenters. The zero-order valence-corrected chi connectivity index (χ0v) is 24.4. The standard InChI is InChI=1S/C30H37ClN4O4/c1-8-30(6,7)33-29(38)28(22-11-9-10-12-23(22)31)35(27-19(3)15-18(2)16-20(27)4)26(37)14-13-25(36)32-24-17-21(5)39-34-24/h9-12,15-17,28H,8,13-14H2,1-7H3,(H,33,38)(H,32,34,36). The fourth-order valence-electron chi connectivity index (χ4n) is 4.51. The van der Waals surface area contributed by atoms with Gasteiger partial charge in [-0.15, -0.1) is 0 Å². The molecule has 208 valence electrons. The second-order valence-corrected chi connectivity index (χ2v) is 10.9. The van der Waals surface area contributed by atoms with Crippen molar-refractivity contribution in [3.05, 3.63) is 75.5 Å². The molecule has 0 bridgehead atoms. The fraction of sp³-hybridized carbons (Fsp3) is 0.400. The maximum Gasteiger partial charge on any atom is 0.248 e. The molecule has 1 heterocycles. The average molecular weight is 553 g/mol. The quantitative estimate of drug-likeness (QED) is 0.304. The minimum Gasteiger partial charge on any atom is -0.360 e. The summed E-state index contributed by atoms with van der Waals surface area (Å²) in [6.07, 6.45) is 0.440. The summed E-state index contributed by atoms with van der Waals surface area (Å²) in [4.78, 5) is 42.2. The molecule has 3 rings (SSSR count). The highest BCUT2D eigenvalue weighted by atomic mass is 35.5. The molecule has 2 aromatic carbocycles. The van der Waals surface area contributed by atoms with Gasteiger partial charge in [0.05, 0.1) is 5.69 Å². The van der Waals surface area contributed by atoms with Crippen LogP contribution in [0.15, 0.2) is 47.0 Å². The van der Waals surface area contributed by atoms with Crippen molar-refractivity contribution in [1.29, 1.82) is 0 Å². The lowest BCUT2D eigenvalue weighted by molar-refractivity contribution is -0.128. The van der Waals surface area contributed by atoms with Crippen LogP contribution in [0.1, 0.15) is 74.1 Å².